The molecule has 2 amide bonds. The van der Waals surface area contributed by atoms with Gasteiger partial charge in [0.1, 0.15) is 24.0 Å². The van der Waals surface area contributed by atoms with Gasteiger partial charge < -0.3 is 14.4 Å². The zero-order chi connectivity index (χ0) is 21.7. The molecule has 3 rings (SSSR count). The highest BCUT2D eigenvalue weighted by atomic mass is 16.5. The number of hydrogen-bond donors (Lipinski definition) is 0. The van der Waals surface area contributed by atoms with E-state index in [1.165, 1.54) is 12.0 Å². The van der Waals surface area contributed by atoms with Crippen LogP contribution in [0.5, 0.6) is 5.75 Å². The Morgan fingerprint density at radius 1 is 1.23 bits per heavy atom. The molecule has 1 aromatic heterocycles. The molecule has 2 heterocycles. The fourth-order valence-electron chi connectivity index (χ4n) is 3.54. The molecule has 1 aromatic carbocycles. The van der Waals surface area contributed by atoms with Crippen LogP contribution in [0.3, 0.4) is 0 Å². The van der Waals surface area contributed by atoms with Crippen molar-refractivity contribution in [2.24, 2.45) is 0 Å². The van der Waals surface area contributed by atoms with E-state index >= 15 is 0 Å². The van der Waals surface area contributed by atoms with Crippen molar-refractivity contribution in [1.29, 1.82) is 0 Å². The maximum atomic E-state index is 12.7. The maximum absolute atomic E-state index is 12.7. The fraction of sp³-hybridized carbons (Fsp3) is 0.455. The molecule has 0 saturated carbocycles. The Hall–Kier alpha value is -3.00. The number of carbonyl (C=O) groups is 2. The van der Waals surface area contributed by atoms with Gasteiger partial charge in [-0.15, -0.1) is 0 Å². The van der Waals surface area contributed by atoms with E-state index in [0.717, 1.165) is 22.6 Å². The van der Waals surface area contributed by atoms with E-state index in [0.29, 0.717) is 37.4 Å². The van der Waals surface area contributed by atoms with Gasteiger partial charge in [-0.3, -0.25) is 14.5 Å². The van der Waals surface area contributed by atoms with Gasteiger partial charge in [-0.1, -0.05) is 12.1 Å². The highest BCUT2D eigenvalue weighted by molar-refractivity contribution is 5.95. The summed E-state index contributed by atoms with van der Waals surface area (Å²) in [5.41, 5.74) is 2.93. The van der Waals surface area contributed by atoms with Crippen molar-refractivity contribution in [2.75, 3.05) is 39.3 Å². The summed E-state index contributed by atoms with van der Waals surface area (Å²) in [5, 5.41) is 0. The topological polar surface area (TPSA) is 84.9 Å². The van der Waals surface area contributed by atoms with Crippen LogP contribution >= 0.6 is 0 Å². The second kappa shape index (κ2) is 9.67. The molecule has 0 atom stereocenters. The molecule has 160 valence electrons. The highest BCUT2D eigenvalue weighted by Gasteiger charge is 2.28. The minimum Gasteiger partial charge on any atom is -0.497 e. The van der Waals surface area contributed by atoms with Crippen LogP contribution in [0.25, 0.3) is 0 Å². The number of fused-ring (bicyclic) bond motifs is 1. The molecule has 0 aliphatic carbocycles. The largest absolute Gasteiger partial charge is 0.497 e. The van der Waals surface area contributed by atoms with Gasteiger partial charge in [0.05, 0.1) is 13.7 Å². The second-order valence-electron chi connectivity index (χ2n) is 7.36. The molecule has 0 radical (unpaired) electrons. The number of rotatable bonds is 8. The van der Waals surface area contributed by atoms with E-state index in [4.69, 9.17) is 9.47 Å². The number of likely N-dealkylation sites (N-methyl/N-ethyl adjacent to an activating group) is 1. The Labute approximate surface area is 176 Å². The van der Waals surface area contributed by atoms with E-state index in [1.807, 2.05) is 31.2 Å². The fourth-order valence-corrected chi connectivity index (χ4v) is 3.54. The Morgan fingerprint density at radius 3 is 2.77 bits per heavy atom. The average molecular weight is 412 g/mol. The minimum absolute atomic E-state index is 0.00553. The van der Waals surface area contributed by atoms with Crippen LogP contribution in [0.1, 0.15) is 29.1 Å². The standard InChI is InChI=1S/C22H28N4O4/c1-15-18-8-9-20(27)26(11-10-16-6-5-7-17(12-16)30-4)22(18)24-19(23-15)13-25(2)21(28)14-29-3/h5-7,12H,8-11,13-14H2,1-4H3. The summed E-state index contributed by atoms with van der Waals surface area (Å²) in [4.78, 5) is 37.2. The molecular formula is C22H28N4O4. The van der Waals surface area contributed by atoms with Gasteiger partial charge in [0.2, 0.25) is 11.8 Å². The lowest BCUT2D eigenvalue weighted by Crippen LogP contribution is -2.38. The first kappa shape index (κ1) is 21.7. The summed E-state index contributed by atoms with van der Waals surface area (Å²) >= 11 is 0. The number of benzene rings is 1. The molecule has 0 bridgehead atoms. The third kappa shape index (κ3) is 4.94. The number of amides is 2. The first-order chi connectivity index (χ1) is 14.4. The number of methoxy groups -OCH3 is 2. The number of aryl methyl sites for hydroxylation is 1. The van der Waals surface area contributed by atoms with E-state index in [1.54, 1.807) is 19.1 Å². The maximum Gasteiger partial charge on any atom is 0.248 e. The van der Waals surface area contributed by atoms with Gasteiger partial charge in [-0.25, -0.2) is 9.97 Å². The summed E-state index contributed by atoms with van der Waals surface area (Å²) in [6.45, 7) is 2.71. The van der Waals surface area contributed by atoms with Gasteiger partial charge >= 0.3 is 0 Å². The third-order valence-corrected chi connectivity index (χ3v) is 5.21. The van der Waals surface area contributed by atoms with Crippen molar-refractivity contribution in [3.05, 3.63) is 46.9 Å². The van der Waals surface area contributed by atoms with E-state index in [2.05, 4.69) is 9.97 Å². The number of hydrogen-bond acceptors (Lipinski definition) is 6. The van der Waals surface area contributed by atoms with E-state index < -0.39 is 0 Å². The summed E-state index contributed by atoms with van der Waals surface area (Å²) in [5.74, 6) is 1.87. The third-order valence-electron chi connectivity index (χ3n) is 5.21. The minimum atomic E-state index is -0.151. The quantitative estimate of drug-likeness (QED) is 0.659. The van der Waals surface area contributed by atoms with Gasteiger partial charge in [0.15, 0.2) is 0 Å². The number of anilines is 1. The van der Waals surface area contributed by atoms with Crippen LogP contribution in [0.4, 0.5) is 5.82 Å². The summed E-state index contributed by atoms with van der Waals surface area (Å²) < 4.78 is 10.2. The van der Waals surface area contributed by atoms with Gasteiger partial charge in [0.25, 0.3) is 0 Å². The Balaban J connectivity index is 1.82. The molecule has 30 heavy (non-hydrogen) atoms. The first-order valence-electron chi connectivity index (χ1n) is 9.95. The summed E-state index contributed by atoms with van der Waals surface area (Å²) in [6.07, 6.45) is 1.77. The zero-order valence-corrected chi connectivity index (χ0v) is 18.0. The molecule has 8 nitrogen and oxygen atoms in total. The molecule has 1 aliphatic rings. The van der Waals surface area contributed by atoms with Gasteiger partial charge in [0, 0.05) is 38.4 Å². The lowest BCUT2D eigenvalue weighted by atomic mass is 10.0. The molecule has 0 saturated heterocycles. The second-order valence-corrected chi connectivity index (χ2v) is 7.36. The van der Waals surface area contributed by atoms with Gasteiger partial charge in [-0.05, 0) is 37.5 Å². The van der Waals surface area contributed by atoms with Crippen LogP contribution in [0, 0.1) is 6.92 Å². The highest BCUT2D eigenvalue weighted by Crippen LogP contribution is 2.28. The van der Waals surface area contributed by atoms with E-state index in [9.17, 15) is 9.59 Å². The predicted molar refractivity (Wildman–Crippen MR) is 112 cm³/mol. The lowest BCUT2D eigenvalue weighted by Gasteiger charge is -2.30. The van der Waals surface area contributed by atoms with Crippen LogP contribution < -0.4 is 9.64 Å². The summed E-state index contributed by atoms with van der Waals surface area (Å²) in [6, 6.07) is 7.83. The Bertz CT molecular complexity index is 931. The van der Waals surface area contributed by atoms with Crippen molar-refractivity contribution in [2.45, 2.75) is 32.7 Å². The number of nitrogens with zero attached hydrogens (tertiary/aromatic N) is 4. The van der Waals surface area contributed by atoms with Crippen molar-refractivity contribution in [3.8, 4) is 5.75 Å². The first-order valence-corrected chi connectivity index (χ1v) is 9.95. The van der Waals surface area contributed by atoms with Gasteiger partial charge in [-0.2, -0.15) is 0 Å². The SMILES string of the molecule is COCC(=O)N(C)Cc1nc(C)c2c(n1)N(CCc1cccc(OC)c1)C(=O)CC2. The van der Waals surface area contributed by atoms with Crippen molar-refractivity contribution >= 4 is 17.6 Å². The Morgan fingerprint density at radius 2 is 2.03 bits per heavy atom. The van der Waals surface area contributed by atoms with Crippen molar-refractivity contribution < 1.29 is 19.1 Å². The normalized spacial score (nSPS) is 13.2. The predicted octanol–water partition coefficient (Wildman–Crippen LogP) is 1.92. The molecule has 0 fully saturated rings. The Kier molecular flexibility index (Phi) is 6.99. The average Bonchev–Trinajstić information content (AvgIpc) is 2.73. The number of carbonyl (C=O) groups excluding carboxylic acids is 2. The molecule has 1 aliphatic heterocycles. The molecule has 0 unspecified atom stereocenters. The smallest absolute Gasteiger partial charge is 0.248 e. The zero-order valence-electron chi connectivity index (χ0n) is 18.0. The number of aromatic nitrogens is 2. The summed E-state index contributed by atoms with van der Waals surface area (Å²) in [7, 11) is 4.81. The molecular weight excluding hydrogens is 384 g/mol. The monoisotopic (exact) mass is 412 g/mol. The van der Waals surface area contributed by atoms with Crippen molar-refractivity contribution in [3.63, 3.8) is 0 Å². The molecule has 0 spiro atoms. The van der Waals surface area contributed by atoms with Crippen LogP contribution in [0.15, 0.2) is 24.3 Å². The van der Waals surface area contributed by atoms with Crippen LogP contribution in [0.2, 0.25) is 0 Å². The molecule has 8 heteroatoms. The van der Waals surface area contributed by atoms with Crippen LogP contribution in [-0.4, -0.2) is 61.1 Å². The van der Waals surface area contributed by atoms with Crippen LogP contribution in [-0.2, 0) is 33.7 Å². The molecule has 2 aromatic rings. The number of ether oxygens (including phenoxy) is 2. The van der Waals surface area contributed by atoms with E-state index in [-0.39, 0.29) is 25.0 Å². The lowest BCUT2D eigenvalue weighted by molar-refractivity contribution is -0.134. The van der Waals surface area contributed by atoms with Crippen molar-refractivity contribution in [1.82, 2.24) is 14.9 Å². The molecule has 0 N–H and O–H groups in total.